The normalized spacial score (nSPS) is 8.80. The Labute approximate surface area is 64.7 Å². The van der Waals surface area contributed by atoms with Crippen LogP contribution in [0.1, 0.15) is 5.82 Å². The first-order chi connectivity index (χ1) is 4.72. The number of nitrogens with one attached hydrogen (secondary N) is 1. The molecule has 0 fully saturated rings. The fourth-order valence-electron chi connectivity index (χ4n) is 0.481. The molecule has 1 heterocycles. The van der Waals surface area contributed by atoms with Gasteiger partial charge in [-0.3, -0.25) is 9.78 Å². The highest BCUT2D eigenvalue weighted by Crippen LogP contribution is 1.99. The van der Waals surface area contributed by atoms with Gasteiger partial charge in [-0.2, -0.15) is 5.26 Å². The summed E-state index contributed by atoms with van der Waals surface area (Å²) in [5.74, 6) is 0.0133. The first-order valence-corrected chi connectivity index (χ1v) is 3.18. The second kappa shape index (κ2) is 2.62. The van der Waals surface area contributed by atoms with Gasteiger partial charge in [-0.25, -0.2) is 4.98 Å². The lowest BCUT2D eigenvalue weighted by Gasteiger charge is -1.87. The molecule has 0 spiro atoms. The van der Waals surface area contributed by atoms with Crippen LogP contribution in [0.15, 0.2) is 15.5 Å². The van der Waals surface area contributed by atoms with Crippen molar-refractivity contribution in [1.29, 1.82) is 5.26 Å². The van der Waals surface area contributed by atoms with E-state index in [-0.39, 0.29) is 11.4 Å². The molecule has 5 heteroatoms. The molecule has 0 radical (unpaired) electrons. The maximum absolute atomic E-state index is 10.6. The molecule has 1 aromatic rings. The highest BCUT2D eigenvalue weighted by atomic mass is 79.9. The lowest BCUT2D eigenvalue weighted by atomic mass is 10.6. The number of hydrogen-bond acceptors (Lipinski definition) is 3. The number of rotatable bonds is 0. The molecule has 0 saturated heterocycles. The van der Waals surface area contributed by atoms with Crippen molar-refractivity contribution in [3.63, 3.8) is 0 Å². The number of H-pyrrole nitrogens is 1. The van der Waals surface area contributed by atoms with Gasteiger partial charge in [-0.15, -0.1) is 0 Å². The third-order valence-electron chi connectivity index (χ3n) is 0.816. The maximum atomic E-state index is 10.6. The van der Waals surface area contributed by atoms with Crippen LogP contribution in [0.5, 0.6) is 0 Å². The minimum atomic E-state index is -0.335. The number of nitriles is 1. The van der Waals surface area contributed by atoms with E-state index in [1.54, 1.807) is 6.07 Å². The lowest BCUT2D eigenvalue weighted by Crippen LogP contribution is -2.07. The largest absolute Gasteiger partial charge is 0.298 e. The van der Waals surface area contributed by atoms with E-state index in [1.165, 1.54) is 6.07 Å². The van der Waals surface area contributed by atoms with Crippen molar-refractivity contribution in [3.05, 3.63) is 26.8 Å². The van der Waals surface area contributed by atoms with Crippen LogP contribution in [-0.4, -0.2) is 9.97 Å². The topological polar surface area (TPSA) is 69.5 Å². The van der Waals surface area contributed by atoms with E-state index >= 15 is 0 Å². The van der Waals surface area contributed by atoms with E-state index in [0.717, 1.165) is 0 Å². The zero-order chi connectivity index (χ0) is 7.56. The molecule has 50 valence electrons. The van der Waals surface area contributed by atoms with E-state index in [2.05, 4.69) is 25.9 Å². The van der Waals surface area contributed by atoms with Crippen molar-refractivity contribution >= 4 is 15.9 Å². The molecule has 10 heavy (non-hydrogen) atoms. The summed E-state index contributed by atoms with van der Waals surface area (Å²) in [5, 5.41) is 8.28. The average molecular weight is 200 g/mol. The molecule has 0 aliphatic carbocycles. The van der Waals surface area contributed by atoms with E-state index in [1.807, 2.05) is 0 Å². The summed E-state index contributed by atoms with van der Waals surface area (Å²) in [6.45, 7) is 0. The fourth-order valence-corrected chi connectivity index (χ4v) is 0.866. The van der Waals surface area contributed by atoms with Crippen molar-refractivity contribution < 1.29 is 0 Å². The predicted octanol–water partition coefficient (Wildman–Crippen LogP) is 0.404. The summed E-state index contributed by atoms with van der Waals surface area (Å²) in [6.07, 6.45) is 0. The predicted molar refractivity (Wildman–Crippen MR) is 37.3 cm³/mol. The molecule has 0 saturated carbocycles. The third kappa shape index (κ3) is 1.42. The standard InChI is InChI=1S/C5H2BrN3O/c6-3-1-5(10)9-4(2-7)8-3/h1H,(H,8,9,10). The van der Waals surface area contributed by atoms with Crippen molar-refractivity contribution in [3.8, 4) is 6.07 Å². The lowest BCUT2D eigenvalue weighted by molar-refractivity contribution is 1.05. The van der Waals surface area contributed by atoms with E-state index in [0.29, 0.717) is 4.60 Å². The molecule has 1 rings (SSSR count). The van der Waals surface area contributed by atoms with Gasteiger partial charge < -0.3 is 0 Å². The van der Waals surface area contributed by atoms with Crippen molar-refractivity contribution in [1.82, 2.24) is 9.97 Å². The zero-order valence-electron chi connectivity index (χ0n) is 4.76. The Morgan fingerprint density at radius 3 is 3.00 bits per heavy atom. The van der Waals surface area contributed by atoms with Crippen LogP contribution < -0.4 is 5.56 Å². The first kappa shape index (κ1) is 6.96. The van der Waals surface area contributed by atoms with Gasteiger partial charge in [0, 0.05) is 6.07 Å². The van der Waals surface area contributed by atoms with E-state index < -0.39 is 0 Å². The molecule has 1 N–H and O–H groups in total. The van der Waals surface area contributed by atoms with Gasteiger partial charge in [0.15, 0.2) is 0 Å². The van der Waals surface area contributed by atoms with E-state index in [4.69, 9.17) is 5.26 Å². The van der Waals surface area contributed by atoms with Crippen LogP contribution in [0.2, 0.25) is 0 Å². The van der Waals surface area contributed by atoms with Crippen LogP contribution >= 0.6 is 15.9 Å². The summed E-state index contributed by atoms with van der Waals surface area (Å²) < 4.78 is 0.368. The summed E-state index contributed by atoms with van der Waals surface area (Å²) in [7, 11) is 0. The Hall–Kier alpha value is -1.15. The van der Waals surface area contributed by atoms with Crippen LogP contribution in [0.4, 0.5) is 0 Å². The first-order valence-electron chi connectivity index (χ1n) is 2.39. The summed E-state index contributed by atoms with van der Waals surface area (Å²) in [4.78, 5) is 16.5. The molecule has 1 aromatic heterocycles. The average Bonchev–Trinajstić information content (AvgIpc) is 1.85. The van der Waals surface area contributed by atoms with Gasteiger partial charge >= 0.3 is 0 Å². The molecular weight excluding hydrogens is 198 g/mol. The molecule has 0 unspecified atom stereocenters. The molecule has 0 aliphatic rings. The highest BCUT2D eigenvalue weighted by Gasteiger charge is 1.94. The summed E-state index contributed by atoms with van der Waals surface area (Å²) >= 11 is 2.97. The number of aromatic nitrogens is 2. The fraction of sp³-hybridized carbons (Fsp3) is 0. The molecule has 0 bridgehead atoms. The number of hydrogen-bond donors (Lipinski definition) is 1. The van der Waals surface area contributed by atoms with Crippen LogP contribution in [0.25, 0.3) is 0 Å². The second-order valence-corrected chi connectivity index (χ2v) is 2.34. The molecule has 0 aliphatic heterocycles. The summed E-state index contributed by atoms with van der Waals surface area (Å²) in [5.41, 5.74) is -0.335. The zero-order valence-corrected chi connectivity index (χ0v) is 6.34. The van der Waals surface area contributed by atoms with Gasteiger partial charge in [0.25, 0.3) is 5.56 Å². The minimum absolute atomic E-state index is 0.0133. The molecule has 0 atom stereocenters. The van der Waals surface area contributed by atoms with Crippen molar-refractivity contribution in [2.24, 2.45) is 0 Å². The molecule has 0 amide bonds. The Bertz CT molecular complexity index is 337. The minimum Gasteiger partial charge on any atom is -0.298 e. The molecular formula is C5H2BrN3O. The van der Waals surface area contributed by atoms with Crippen LogP contribution in [0, 0.1) is 11.3 Å². The molecule has 0 aromatic carbocycles. The van der Waals surface area contributed by atoms with Gasteiger partial charge in [-0.1, -0.05) is 0 Å². The van der Waals surface area contributed by atoms with Gasteiger partial charge in [0.05, 0.1) is 0 Å². The van der Waals surface area contributed by atoms with Crippen molar-refractivity contribution in [2.75, 3.05) is 0 Å². The Balaban J connectivity index is 3.36. The quantitative estimate of drug-likeness (QED) is 0.616. The number of nitrogens with zero attached hydrogens (tertiary/aromatic N) is 2. The Kier molecular flexibility index (Phi) is 1.83. The highest BCUT2D eigenvalue weighted by molar-refractivity contribution is 9.10. The van der Waals surface area contributed by atoms with Crippen LogP contribution in [-0.2, 0) is 0 Å². The van der Waals surface area contributed by atoms with Gasteiger partial charge in [0.1, 0.15) is 10.7 Å². The van der Waals surface area contributed by atoms with E-state index in [9.17, 15) is 4.79 Å². The monoisotopic (exact) mass is 199 g/mol. The number of aromatic amines is 1. The Morgan fingerprint density at radius 1 is 1.80 bits per heavy atom. The van der Waals surface area contributed by atoms with Crippen molar-refractivity contribution in [2.45, 2.75) is 0 Å². The maximum Gasteiger partial charge on any atom is 0.252 e. The van der Waals surface area contributed by atoms with Crippen LogP contribution in [0.3, 0.4) is 0 Å². The molecule has 4 nitrogen and oxygen atoms in total. The van der Waals surface area contributed by atoms with Gasteiger partial charge in [-0.05, 0) is 15.9 Å². The van der Waals surface area contributed by atoms with Gasteiger partial charge in [0.2, 0.25) is 5.82 Å². The smallest absolute Gasteiger partial charge is 0.252 e. The SMILES string of the molecule is N#Cc1nc(Br)cc(=O)[nH]1. The number of halogens is 1. The second-order valence-electron chi connectivity index (χ2n) is 1.53. The Morgan fingerprint density at radius 2 is 2.50 bits per heavy atom. The summed E-state index contributed by atoms with van der Waals surface area (Å²) in [6, 6.07) is 2.96. The third-order valence-corrected chi connectivity index (χ3v) is 1.22.